The Morgan fingerprint density at radius 1 is 1.11 bits per heavy atom. The third-order valence-corrected chi connectivity index (χ3v) is 7.69. The topological polar surface area (TPSA) is 95.6 Å². The molecule has 1 atom stereocenters. The van der Waals surface area contributed by atoms with Crippen LogP contribution in [0.25, 0.3) is 0 Å². The lowest BCUT2D eigenvalue weighted by Gasteiger charge is -2.32. The number of rotatable bonds is 5. The molecule has 0 saturated carbocycles. The number of hydrogen-bond acceptors (Lipinski definition) is 5. The quantitative estimate of drug-likeness (QED) is 0.776. The number of anilines is 1. The van der Waals surface area contributed by atoms with Crippen LogP contribution in [-0.4, -0.2) is 44.2 Å². The van der Waals surface area contributed by atoms with Crippen molar-refractivity contribution in [2.24, 2.45) is 0 Å². The molecule has 28 heavy (non-hydrogen) atoms. The average molecular weight is 422 g/mol. The molecule has 1 aliphatic rings. The molecule has 150 valence electrons. The van der Waals surface area contributed by atoms with E-state index in [1.54, 1.807) is 11.4 Å². The first-order valence-electron chi connectivity index (χ1n) is 9.07. The van der Waals surface area contributed by atoms with Crippen molar-refractivity contribution in [3.05, 3.63) is 46.8 Å². The largest absolute Gasteiger partial charge is 0.355 e. The third-order valence-electron chi connectivity index (χ3n) is 4.83. The first kappa shape index (κ1) is 20.5. The van der Waals surface area contributed by atoms with E-state index in [4.69, 9.17) is 0 Å². The number of hydrogen-bond donors (Lipinski definition) is 2. The lowest BCUT2D eigenvalue weighted by Crippen LogP contribution is -2.41. The van der Waals surface area contributed by atoms with Crippen LogP contribution in [0, 0.1) is 0 Å². The van der Waals surface area contributed by atoms with Gasteiger partial charge in [-0.15, -0.1) is 11.3 Å². The molecule has 2 heterocycles. The van der Waals surface area contributed by atoms with Gasteiger partial charge in [-0.25, -0.2) is 8.42 Å². The van der Waals surface area contributed by atoms with Gasteiger partial charge in [-0.05, 0) is 55.5 Å². The summed E-state index contributed by atoms with van der Waals surface area (Å²) in [6, 6.07) is 7.51. The van der Waals surface area contributed by atoms with Crippen LogP contribution in [0.5, 0.6) is 0 Å². The van der Waals surface area contributed by atoms with Crippen LogP contribution in [0.15, 0.2) is 40.6 Å². The molecule has 2 aromatic rings. The molecule has 1 aromatic carbocycles. The maximum atomic E-state index is 12.9. The van der Waals surface area contributed by atoms with Gasteiger partial charge in [-0.3, -0.25) is 9.59 Å². The minimum absolute atomic E-state index is 0.0244. The minimum atomic E-state index is -3.57. The van der Waals surface area contributed by atoms with Crippen LogP contribution in [0.2, 0.25) is 0 Å². The van der Waals surface area contributed by atoms with Crippen molar-refractivity contribution in [3.63, 3.8) is 0 Å². The fourth-order valence-electron chi connectivity index (χ4n) is 3.24. The molecule has 2 amide bonds. The average Bonchev–Trinajstić information content (AvgIpc) is 3.15. The molecule has 0 spiro atoms. The fraction of sp³-hybridized carbons (Fsp3) is 0.368. The van der Waals surface area contributed by atoms with Gasteiger partial charge in [-0.1, -0.05) is 6.42 Å². The van der Waals surface area contributed by atoms with Crippen LogP contribution in [-0.2, 0) is 10.0 Å². The van der Waals surface area contributed by atoms with Crippen molar-refractivity contribution in [2.45, 2.75) is 37.1 Å². The van der Waals surface area contributed by atoms with Crippen LogP contribution >= 0.6 is 11.3 Å². The van der Waals surface area contributed by atoms with E-state index < -0.39 is 15.9 Å². The summed E-state index contributed by atoms with van der Waals surface area (Å²) in [5.41, 5.74) is 0.709. The number of piperidine rings is 1. The molecular weight excluding hydrogens is 398 g/mol. The number of nitrogens with one attached hydrogen (secondary N) is 2. The van der Waals surface area contributed by atoms with Crippen molar-refractivity contribution in [1.29, 1.82) is 0 Å². The second kappa shape index (κ2) is 8.42. The molecule has 9 heteroatoms. The summed E-state index contributed by atoms with van der Waals surface area (Å²) in [4.78, 5) is 24.5. The van der Waals surface area contributed by atoms with Crippen molar-refractivity contribution < 1.29 is 18.0 Å². The van der Waals surface area contributed by atoms with Gasteiger partial charge in [0, 0.05) is 25.2 Å². The highest BCUT2D eigenvalue weighted by Gasteiger charge is 2.31. The Hall–Kier alpha value is -2.23. The van der Waals surface area contributed by atoms with E-state index in [0.29, 0.717) is 22.7 Å². The van der Waals surface area contributed by atoms with Crippen molar-refractivity contribution >= 4 is 38.2 Å². The summed E-state index contributed by atoms with van der Waals surface area (Å²) in [6.45, 7) is 2.44. The Kier molecular flexibility index (Phi) is 6.17. The Morgan fingerprint density at radius 3 is 2.46 bits per heavy atom. The van der Waals surface area contributed by atoms with E-state index in [1.165, 1.54) is 47.0 Å². The molecule has 0 unspecified atom stereocenters. The van der Waals surface area contributed by atoms with E-state index >= 15 is 0 Å². The smallest absolute Gasteiger partial charge is 0.256 e. The first-order chi connectivity index (χ1) is 13.3. The number of nitrogens with zero attached hydrogens (tertiary/aromatic N) is 1. The summed E-state index contributed by atoms with van der Waals surface area (Å²) in [5, 5.41) is 7.40. The van der Waals surface area contributed by atoms with Crippen molar-refractivity contribution in [2.75, 3.05) is 18.9 Å². The lowest BCUT2D eigenvalue weighted by atomic mass is 10.1. The molecule has 0 aliphatic carbocycles. The summed E-state index contributed by atoms with van der Waals surface area (Å²) < 4.78 is 27.3. The zero-order valence-electron chi connectivity index (χ0n) is 15.8. The van der Waals surface area contributed by atoms with Crippen LogP contribution in [0.4, 0.5) is 5.00 Å². The molecule has 0 bridgehead atoms. The normalized spacial score (nSPS) is 17.9. The van der Waals surface area contributed by atoms with E-state index in [9.17, 15) is 18.0 Å². The highest BCUT2D eigenvalue weighted by atomic mass is 32.2. The van der Waals surface area contributed by atoms with E-state index in [0.717, 1.165) is 19.3 Å². The predicted molar refractivity (Wildman–Crippen MR) is 109 cm³/mol. The SMILES string of the molecule is CNC(=O)c1ccsc1NC(=O)c1ccc(S(=O)(=O)N2CCCC[C@@H]2C)cc1. The molecule has 1 aromatic heterocycles. The maximum absolute atomic E-state index is 12.9. The molecule has 7 nitrogen and oxygen atoms in total. The van der Waals surface area contributed by atoms with E-state index in [2.05, 4.69) is 10.6 Å². The number of amides is 2. The summed E-state index contributed by atoms with van der Waals surface area (Å²) in [5.74, 6) is -0.684. The third kappa shape index (κ3) is 4.11. The van der Waals surface area contributed by atoms with Crippen LogP contribution in [0.3, 0.4) is 0 Å². The van der Waals surface area contributed by atoms with Gasteiger partial charge in [0.2, 0.25) is 10.0 Å². The molecule has 1 saturated heterocycles. The minimum Gasteiger partial charge on any atom is -0.355 e. The number of carbonyl (C=O) groups excluding carboxylic acids is 2. The van der Waals surface area contributed by atoms with Crippen LogP contribution in [0.1, 0.15) is 46.9 Å². The van der Waals surface area contributed by atoms with Crippen molar-refractivity contribution in [3.8, 4) is 0 Å². The highest BCUT2D eigenvalue weighted by Crippen LogP contribution is 2.26. The van der Waals surface area contributed by atoms with Gasteiger partial charge in [0.1, 0.15) is 5.00 Å². The van der Waals surface area contributed by atoms with Gasteiger partial charge in [-0.2, -0.15) is 4.31 Å². The molecule has 3 rings (SSSR count). The zero-order chi connectivity index (χ0) is 20.3. The fourth-order valence-corrected chi connectivity index (χ4v) is 5.72. The van der Waals surface area contributed by atoms with Gasteiger partial charge in [0.15, 0.2) is 0 Å². The molecule has 0 radical (unpaired) electrons. The van der Waals surface area contributed by atoms with Gasteiger partial charge in [0.05, 0.1) is 10.5 Å². The highest BCUT2D eigenvalue weighted by molar-refractivity contribution is 7.89. The second-order valence-corrected chi connectivity index (χ2v) is 9.49. The van der Waals surface area contributed by atoms with E-state index in [1.807, 2.05) is 6.92 Å². The Balaban J connectivity index is 1.76. The zero-order valence-corrected chi connectivity index (χ0v) is 17.4. The second-order valence-electron chi connectivity index (χ2n) is 6.68. The summed E-state index contributed by atoms with van der Waals surface area (Å²) in [7, 11) is -2.05. The van der Waals surface area contributed by atoms with Crippen molar-refractivity contribution in [1.82, 2.24) is 9.62 Å². The summed E-state index contributed by atoms with van der Waals surface area (Å²) in [6.07, 6.45) is 2.75. The first-order valence-corrected chi connectivity index (χ1v) is 11.4. The number of benzene rings is 1. The van der Waals surface area contributed by atoms with Gasteiger partial charge >= 0.3 is 0 Å². The Bertz CT molecular complexity index is 967. The molecular formula is C19H23N3O4S2. The molecule has 1 aliphatic heterocycles. The molecule has 1 fully saturated rings. The standard InChI is InChI=1S/C19H23N3O4S2/c1-13-5-3-4-11-22(13)28(25,26)15-8-6-14(7-9-15)17(23)21-19-16(10-12-27-19)18(24)20-2/h6-10,12-13H,3-5,11H2,1-2H3,(H,20,24)(H,21,23)/t13-/m0/s1. The Morgan fingerprint density at radius 2 is 1.82 bits per heavy atom. The number of carbonyl (C=O) groups is 2. The number of thiophene rings is 1. The Labute approximate surface area is 168 Å². The maximum Gasteiger partial charge on any atom is 0.256 e. The molecule has 2 N–H and O–H groups in total. The predicted octanol–water partition coefficient (Wildman–Crippen LogP) is 2.92. The van der Waals surface area contributed by atoms with Crippen LogP contribution < -0.4 is 10.6 Å². The summed E-state index contributed by atoms with van der Waals surface area (Å²) >= 11 is 1.25. The van der Waals surface area contributed by atoms with Gasteiger partial charge < -0.3 is 10.6 Å². The van der Waals surface area contributed by atoms with Gasteiger partial charge in [0.25, 0.3) is 11.8 Å². The monoisotopic (exact) mass is 421 g/mol. The van der Waals surface area contributed by atoms with E-state index in [-0.39, 0.29) is 16.8 Å². The lowest BCUT2D eigenvalue weighted by molar-refractivity contribution is 0.0964. The number of sulfonamides is 1.